The smallest absolute Gasteiger partial charge is 0.488 e. The van der Waals surface area contributed by atoms with Crippen molar-refractivity contribution in [1.82, 2.24) is 0 Å². The molecule has 2 aromatic rings. The number of hydrogen-bond acceptors (Lipinski definition) is 3. The second kappa shape index (κ2) is 7.12. The average molecular weight is 392 g/mol. The van der Waals surface area contributed by atoms with E-state index in [1.165, 1.54) is 6.07 Å². The molecule has 28 heavy (non-hydrogen) atoms. The number of rotatable bonds is 4. The standard InChI is InChI=1S/C21H24BF3O3/c1-14-6-8-15(9-7-14)13-26-18-11-10-16(12-17(18)21(23,24)25)22-27-19(2,3)20(4,5)28-22/h6-12H,13H2,1-5H3. The summed E-state index contributed by atoms with van der Waals surface area (Å²) in [7, 11) is -0.864. The molecule has 1 fully saturated rings. The Morgan fingerprint density at radius 2 is 1.50 bits per heavy atom. The second-order valence-corrected chi connectivity index (χ2v) is 8.12. The van der Waals surface area contributed by atoms with Crippen LogP contribution in [-0.2, 0) is 22.1 Å². The van der Waals surface area contributed by atoms with Crippen molar-refractivity contribution in [3.63, 3.8) is 0 Å². The van der Waals surface area contributed by atoms with Crippen molar-refractivity contribution in [3.05, 3.63) is 59.2 Å². The lowest BCUT2D eigenvalue weighted by Crippen LogP contribution is -2.41. The van der Waals surface area contributed by atoms with E-state index in [1.54, 1.807) is 6.07 Å². The maximum Gasteiger partial charge on any atom is 0.494 e. The lowest BCUT2D eigenvalue weighted by atomic mass is 9.78. The summed E-state index contributed by atoms with van der Waals surface area (Å²) in [5.74, 6) is -0.214. The van der Waals surface area contributed by atoms with Crippen molar-refractivity contribution in [2.24, 2.45) is 0 Å². The number of hydrogen-bond donors (Lipinski definition) is 0. The first-order chi connectivity index (χ1) is 12.9. The van der Waals surface area contributed by atoms with Crippen LogP contribution in [0, 0.1) is 6.92 Å². The maximum atomic E-state index is 13.6. The van der Waals surface area contributed by atoms with Gasteiger partial charge in [0.15, 0.2) is 0 Å². The molecule has 0 amide bonds. The summed E-state index contributed by atoms with van der Waals surface area (Å²) in [5, 5.41) is 0. The van der Waals surface area contributed by atoms with Crippen molar-refractivity contribution in [1.29, 1.82) is 0 Å². The van der Waals surface area contributed by atoms with Gasteiger partial charge in [-0.25, -0.2) is 0 Å². The lowest BCUT2D eigenvalue weighted by Gasteiger charge is -2.32. The Labute approximate surface area is 163 Å². The van der Waals surface area contributed by atoms with E-state index in [1.807, 2.05) is 58.9 Å². The molecule has 0 saturated carbocycles. The Balaban J connectivity index is 1.85. The van der Waals surface area contributed by atoms with Gasteiger partial charge in [-0.15, -0.1) is 0 Å². The van der Waals surface area contributed by atoms with E-state index in [0.29, 0.717) is 5.46 Å². The van der Waals surface area contributed by atoms with Gasteiger partial charge in [0.05, 0.1) is 16.8 Å². The molecule has 3 rings (SSSR count). The van der Waals surface area contributed by atoms with Crippen LogP contribution >= 0.6 is 0 Å². The van der Waals surface area contributed by atoms with E-state index in [4.69, 9.17) is 14.0 Å². The SMILES string of the molecule is Cc1ccc(COc2ccc(B3OC(C)(C)C(C)(C)O3)cc2C(F)(F)F)cc1. The summed E-state index contributed by atoms with van der Waals surface area (Å²) >= 11 is 0. The summed E-state index contributed by atoms with van der Waals surface area (Å²) < 4.78 is 58.1. The van der Waals surface area contributed by atoms with Gasteiger partial charge in [-0.2, -0.15) is 13.2 Å². The fourth-order valence-electron chi connectivity index (χ4n) is 2.87. The highest BCUT2D eigenvalue weighted by molar-refractivity contribution is 6.62. The predicted octanol–water partition coefficient (Wildman–Crippen LogP) is 4.89. The third-order valence-corrected chi connectivity index (χ3v) is 5.35. The number of alkyl halides is 3. The Morgan fingerprint density at radius 3 is 2.04 bits per heavy atom. The van der Waals surface area contributed by atoms with Crippen LogP contribution in [0.4, 0.5) is 13.2 Å². The molecule has 7 heteroatoms. The molecule has 0 radical (unpaired) electrons. The Hall–Kier alpha value is -1.99. The van der Waals surface area contributed by atoms with Gasteiger partial charge < -0.3 is 14.0 Å². The van der Waals surface area contributed by atoms with Gasteiger partial charge in [0.2, 0.25) is 0 Å². The minimum atomic E-state index is -4.55. The first-order valence-corrected chi connectivity index (χ1v) is 9.14. The number of ether oxygens (including phenoxy) is 1. The van der Waals surface area contributed by atoms with Crippen LogP contribution in [0.5, 0.6) is 5.75 Å². The van der Waals surface area contributed by atoms with E-state index < -0.39 is 30.1 Å². The average Bonchev–Trinajstić information content (AvgIpc) is 2.81. The molecule has 0 aliphatic carbocycles. The minimum Gasteiger partial charge on any atom is -0.488 e. The van der Waals surface area contributed by atoms with Gasteiger partial charge in [0.1, 0.15) is 12.4 Å². The van der Waals surface area contributed by atoms with Gasteiger partial charge in [-0.05, 0) is 57.8 Å². The minimum absolute atomic E-state index is 0.0548. The first-order valence-electron chi connectivity index (χ1n) is 9.14. The highest BCUT2D eigenvalue weighted by atomic mass is 19.4. The first kappa shape index (κ1) is 20.7. The highest BCUT2D eigenvalue weighted by Crippen LogP contribution is 2.39. The van der Waals surface area contributed by atoms with Crippen LogP contribution in [0.3, 0.4) is 0 Å². The monoisotopic (exact) mass is 392 g/mol. The van der Waals surface area contributed by atoms with Gasteiger partial charge in [-0.1, -0.05) is 35.9 Å². The van der Waals surface area contributed by atoms with E-state index in [-0.39, 0.29) is 12.4 Å². The predicted molar refractivity (Wildman–Crippen MR) is 103 cm³/mol. The zero-order valence-electron chi connectivity index (χ0n) is 16.7. The largest absolute Gasteiger partial charge is 0.494 e. The zero-order chi connectivity index (χ0) is 20.7. The topological polar surface area (TPSA) is 27.7 Å². The van der Waals surface area contributed by atoms with Gasteiger partial charge in [0, 0.05) is 0 Å². The third-order valence-electron chi connectivity index (χ3n) is 5.35. The second-order valence-electron chi connectivity index (χ2n) is 8.12. The van der Waals surface area contributed by atoms with E-state index in [9.17, 15) is 13.2 Å². The fraction of sp³-hybridized carbons (Fsp3) is 0.429. The molecule has 1 heterocycles. The van der Waals surface area contributed by atoms with Gasteiger partial charge >= 0.3 is 13.3 Å². The quantitative estimate of drug-likeness (QED) is 0.694. The highest BCUT2D eigenvalue weighted by Gasteiger charge is 2.52. The molecule has 0 atom stereocenters. The van der Waals surface area contributed by atoms with Crippen LogP contribution in [0.15, 0.2) is 42.5 Å². The molecule has 1 aliphatic rings. The molecule has 0 spiro atoms. The summed E-state index contributed by atoms with van der Waals surface area (Å²) in [6.07, 6.45) is -4.55. The van der Waals surface area contributed by atoms with Crippen LogP contribution in [-0.4, -0.2) is 18.3 Å². The van der Waals surface area contributed by atoms with Crippen LogP contribution in [0.1, 0.15) is 44.4 Å². The van der Waals surface area contributed by atoms with Gasteiger partial charge in [0.25, 0.3) is 0 Å². The lowest BCUT2D eigenvalue weighted by molar-refractivity contribution is -0.139. The van der Waals surface area contributed by atoms with Crippen molar-refractivity contribution < 1.29 is 27.2 Å². The Bertz CT molecular complexity index is 829. The van der Waals surface area contributed by atoms with Crippen LogP contribution < -0.4 is 10.2 Å². The number of halogens is 3. The van der Waals surface area contributed by atoms with E-state index >= 15 is 0 Å². The summed E-state index contributed by atoms with van der Waals surface area (Å²) in [6, 6.07) is 11.4. The Morgan fingerprint density at radius 1 is 0.929 bits per heavy atom. The van der Waals surface area contributed by atoms with Crippen molar-refractivity contribution in [3.8, 4) is 5.75 Å². The molecule has 1 aliphatic heterocycles. The zero-order valence-corrected chi connectivity index (χ0v) is 16.7. The van der Waals surface area contributed by atoms with Crippen molar-refractivity contribution in [2.75, 3.05) is 0 Å². The molecular formula is C21H24BF3O3. The molecule has 0 unspecified atom stereocenters. The molecule has 0 bridgehead atoms. The fourth-order valence-corrected chi connectivity index (χ4v) is 2.87. The molecule has 2 aromatic carbocycles. The summed E-state index contributed by atoms with van der Waals surface area (Å²) in [5.41, 5.74) is 0.0913. The Kier molecular flexibility index (Phi) is 5.27. The number of aryl methyl sites for hydroxylation is 1. The number of benzene rings is 2. The van der Waals surface area contributed by atoms with E-state index in [0.717, 1.165) is 17.2 Å². The molecule has 0 aromatic heterocycles. The van der Waals surface area contributed by atoms with E-state index in [2.05, 4.69) is 0 Å². The maximum absolute atomic E-state index is 13.6. The molecule has 150 valence electrons. The van der Waals surface area contributed by atoms with Crippen molar-refractivity contribution in [2.45, 2.75) is 58.6 Å². The third kappa shape index (κ3) is 4.20. The molecule has 1 saturated heterocycles. The van der Waals surface area contributed by atoms with Crippen LogP contribution in [0.2, 0.25) is 0 Å². The molecular weight excluding hydrogens is 368 g/mol. The van der Waals surface area contributed by atoms with Gasteiger partial charge in [-0.3, -0.25) is 0 Å². The molecule has 3 nitrogen and oxygen atoms in total. The normalized spacial score (nSPS) is 18.4. The molecule has 0 N–H and O–H groups in total. The summed E-state index contributed by atoms with van der Waals surface area (Å²) in [4.78, 5) is 0. The summed E-state index contributed by atoms with van der Waals surface area (Å²) in [6.45, 7) is 9.43. The van der Waals surface area contributed by atoms with Crippen LogP contribution in [0.25, 0.3) is 0 Å². The van der Waals surface area contributed by atoms with Crippen molar-refractivity contribution >= 4 is 12.6 Å².